The Bertz CT molecular complexity index is 641. The topological polar surface area (TPSA) is 75.6 Å². The zero-order valence-corrected chi connectivity index (χ0v) is 10.2. The fraction of sp³-hybridized carbons (Fsp3) is 0.0833. The summed E-state index contributed by atoms with van der Waals surface area (Å²) in [5.74, 6) is -0.0866. The molecule has 4 nitrogen and oxygen atoms in total. The molecule has 0 amide bonds. The zero-order valence-electron chi connectivity index (χ0n) is 9.41. The van der Waals surface area contributed by atoms with Crippen LogP contribution >= 0.6 is 11.6 Å². The first-order valence-electron chi connectivity index (χ1n) is 5.02. The number of aromatic nitrogens is 2. The average Bonchev–Trinajstić information content (AvgIpc) is 2.28. The smallest absolute Gasteiger partial charge is 0.163 e. The van der Waals surface area contributed by atoms with Crippen molar-refractivity contribution in [2.45, 2.75) is 6.92 Å². The van der Waals surface area contributed by atoms with Gasteiger partial charge in [0, 0.05) is 5.56 Å². The van der Waals surface area contributed by atoms with Crippen LogP contribution < -0.4 is 5.73 Å². The van der Waals surface area contributed by atoms with Gasteiger partial charge in [0.25, 0.3) is 0 Å². The van der Waals surface area contributed by atoms with Gasteiger partial charge in [0.1, 0.15) is 23.3 Å². The highest BCUT2D eigenvalue weighted by atomic mass is 35.5. The van der Waals surface area contributed by atoms with E-state index < -0.39 is 5.82 Å². The van der Waals surface area contributed by atoms with Crippen molar-refractivity contribution < 1.29 is 4.39 Å². The fourth-order valence-corrected chi connectivity index (χ4v) is 1.78. The summed E-state index contributed by atoms with van der Waals surface area (Å²) in [6, 6.07) is 5.82. The Morgan fingerprint density at radius 3 is 2.67 bits per heavy atom. The molecule has 2 N–H and O–H groups in total. The van der Waals surface area contributed by atoms with Gasteiger partial charge in [-0.05, 0) is 25.1 Å². The third kappa shape index (κ3) is 2.11. The largest absolute Gasteiger partial charge is 0.382 e. The molecule has 0 aliphatic rings. The van der Waals surface area contributed by atoms with Crippen LogP contribution in [0, 0.1) is 24.1 Å². The first kappa shape index (κ1) is 12.3. The van der Waals surface area contributed by atoms with E-state index in [1.165, 1.54) is 18.2 Å². The number of aryl methyl sites for hydroxylation is 1. The van der Waals surface area contributed by atoms with Crippen LogP contribution in [0.1, 0.15) is 11.3 Å². The minimum absolute atomic E-state index is 0.0837. The highest BCUT2D eigenvalue weighted by Crippen LogP contribution is 2.27. The number of anilines is 1. The maximum Gasteiger partial charge on any atom is 0.163 e. The number of halogens is 2. The number of hydrogen-bond acceptors (Lipinski definition) is 4. The van der Waals surface area contributed by atoms with Crippen LogP contribution in [0.2, 0.25) is 5.02 Å². The van der Waals surface area contributed by atoms with Crippen molar-refractivity contribution in [3.8, 4) is 17.5 Å². The van der Waals surface area contributed by atoms with E-state index in [0.29, 0.717) is 11.3 Å². The standard InChI is InChI=1S/C12H8ClFN4/c1-6-9(5-15)11(16)18-12(17-6)8-3-2-7(14)4-10(8)13/h2-4H,1H3,(H2,16,17,18). The summed E-state index contributed by atoms with van der Waals surface area (Å²) in [5.41, 5.74) is 6.82. The first-order chi connectivity index (χ1) is 8.52. The van der Waals surface area contributed by atoms with E-state index in [1.807, 2.05) is 6.07 Å². The summed E-state index contributed by atoms with van der Waals surface area (Å²) in [6.45, 7) is 1.65. The van der Waals surface area contributed by atoms with Gasteiger partial charge in [0.15, 0.2) is 5.82 Å². The Hall–Kier alpha value is -2.19. The summed E-state index contributed by atoms with van der Waals surface area (Å²) < 4.78 is 12.9. The Morgan fingerprint density at radius 1 is 1.39 bits per heavy atom. The number of nitrogens with two attached hydrogens (primary N) is 1. The van der Waals surface area contributed by atoms with Crippen molar-refractivity contribution in [3.05, 3.63) is 40.3 Å². The van der Waals surface area contributed by atoms with E-state index in [-0.39, 0.29) is 22.2 Å². The van der Waals surface area contributed by atoms with E-state index in [9.17, 15) is 4.39 Å². The monoisotopic (exact) mass is 262 g/mol. The molecule has 90 valence electrons. The third-order valence-corrected chi connectivity index (χ3v) is 2.71. The number of nitriles is 1. The van der Waals surface area contributed by atoms with Crippen LogP contribution in [0.4, 0.5) is 10.2 Å². The molecule has 0 unspecified atom stereocenters. The molecule has 0 saturated heterocycles. The van der Waals surface area contributed by atoms with Crippen LogP contribution in [0.25, 0.3) is 11.4 Å². The molecule has 0 spiro atoms. The zero-order chi connectivity index (χ0) is 13.3. The summed E-state index contributed by atoms with van der Waals surface area (Å²) in [5, 5.41) is 9.06. The molecule has 0 fully saturated rings. The second-order valence-electron chi connectivity index (χ2n) is 3.63. The van der Waals surface area contributed by atoms with E-state index >= 15 is 0 Å². The highest BCUT2D eigenvalue weighted by molar-refractivity contribution is 6.33. The van der Waals surface area contributed by atoms with Crippen molar-refractivity contribution >= 4 is 17.4 Å². The second-order valence-corrected chi connectivity index (χ2v) is 4.04. The molecule has 2 rings (SSSR count). The van der Waals surface area contributed by atoms with E-state index in [4.69, 9.17) is 22.6 Å². The van der Waals surface area contributed by atoms with Crippen LogP contribution in [0.15, 0.2) is 18.2 Å². The minimum Gasteiger partial charge on any atom is -0.382 e. The molecule has 1 heterocycles. The highest BCUT2D eigenvalue weighted by Gasteiger charge is 2.12. The molecule has 0 atom stereocenters. The summed E-state index contributed by atoms with van der Waals surface area (Å²) in [4.78, 5) is 8.15. The van der Waals surface area contributed by atoms with Crippen molar-refractivity contribution in [2.24, 2.45) is 0 Å². The molecule has 1 aromatic carbocycles. The average molecular weight is 263 g/mol. The number of nitrogen functional groups attached to an aromatic ring is 1. The van der Waals surface area contributed by atoms with Gasteiger partial charge < -0.3 is 5.73 Å². The summed E-state index contributed by atoms with van der Waals surface area (Å²) >= 11 is 5.92. The van der Waals surface area contributed by atoms with Crippen molar-refractivity contribution in [2.75, 3.05) is 5.73 Å². The van der Waals surface area contributed by atoms with Gasteiger partial charge in [0.05, 0.1) is 10.7 Å². The molecule has 6 heteroatoms. The lowest BCUT2D eigenvalue weighted by Crippen LogP contribution is -2.03. The molecule has 18 heavy (non-hydrogen) atoms. The third-order valence-electron chi connectivity index (χ3n) is 2.40. The lowest BCUT2D eigenvalue weighted by atomic mass is 10.2. The van der Waals surface area contributed by atoms with Crippen LogP contribution in [0.5, 0.6) is 0 Å². The van der Waals surface area contributed by atoms with Gasteiger partial charge in [-0.1, -0.05) is 11.6 Å². The van der Waals surface area contributed by atoms with Gasteiger partial charge in [0.2, 0.25) is 0 Å². The van der Waals surface area contributed by atoms with E-state index in [2.05, 4.69) is 9.97 Å². The normalized spacial score (nSPS) is 10.1. The maximum absolute atomic E-state index is 12.9. The molecule has 0 bridgehead atoms. The Morgan fingerprint density at radius 2 is 2.11 bits per heavy atom. The number of nitrogens with zero attached hydrogens (tertiary/aromatic N) is 3. The quantitative estimate of drug-likeness (QED) is 0.857. The van der Waals surface area contributed by atoms with Crippen LogP contribution in [0.3, 0.4) is 0 Å². The fourth-order valence-electron chi connectivity index (χ4n) is 1.52. The Balaban J connectivity index is 2.63. The molecular weight excluding hydrogens is 255 g/mol. The lowest BCUT2D eigenvalue weighted by Gasteiger charge is -2.07. The molecular formula is C12H8ClFN4. The lowest BCUT2D eigenvalue weighted by molar-refractivity contribution is 0.628. The predicted molar refractivity (Wildman–Crippen MR) is 66.3 cm³/mol. The van der Waals surface area contributed by atoms with Crippen molar-refractivity contribution in [1.82, 2.24) is 9.97 Å². The molecule has 1 aromatic heterocycles. The van der Waals surface area contributed by atoms with Crippen molar-refractivity contribution in [3.63, 3.8) is 0 Å². The molecule has 0 radical (unpaired) electrons. The minimum atomic E-state index is -0.443. The molecule has 0 saturated carbocycles. The van der Waals surface area contributed by atoms with Gasteiger partial charge >= 0.3 is 0 Å². The first-order valence-corrected chi connectivity index (χ1v) is 5.40. The SMILES string of the molecule is Cc1nc(-c2ccc(F)cc2Cl)nc(N)c1C#N. The Kier molecular flexibility index (Phi) is 3.13. The Labute approximate surface area is 108 Å². The van der Waals surface area contributed by atoms with Crippen molar-refractivity contribution in [1.29, 1.82) is 5.26 Å². The van der Waals surface area contributed by atoms with E-state index in [1.54, 1.807) is 6.92 Å². The van der Waals surface area contributed by atoms with E-state index in [0.717, 1.165) is 0 Å². The predicted octanol–water partition coefficient (Wildman–Crippen LogP) is 2.70. The summed E-state index contributed by atoms with van der Waals surface area (Å²) in [7, 11) is 0. The second kappa shape index (κ2) is 4.59. The number of rotatable bonds is 1. The van der Waals surface area contributed by atoms with Gasteiger partial charge in [-0.15, -0.1) is 0 Å². The molecule has 2 aromatic rings. The van der Waals surface area contributed by atoms with Gasteiger partial charge in [-0.25, -0.2) is 14.4 Å². The van der Waals surface area contributed by atoms with Crippen LogP contribution in [-0.2, 0) is 0 Å². The molecule has 0 aliphatic heterocycles. The van der Waals surface area contributed by atoms with Crippen LogP contribution in [-0.4, -0.2) is 9.97 Å². The summed E-state index contributed by atoms with van der Waals surface area (Å²) in [6.07, 6.45) is 0. The van der Waals surface area contributed by atoms with Gasteiger partial charge in [-0.2, -0.15) is 5.26 Å². The van der Waals surface area contributed by atoms with Gasteiger partial charge in [-0.3, -0.25) is 0 Å². The number of benzene rings is 1. The molecule has 0 aliphatic carbocycles. The number of hydrogen-bond donors (Lipinski definition) is 1. The maximum atomic E-state index is 12.9.